The van der Waals surface area contributed by atoms with Crippen LogP contribution in [0.25, 0.3) is 0 Å². The van der Waals surface area contributed by atoms with Crippen LogP contribution in [-0.2, 0) is 6.54 Å². The monoisotopic (exact) mass is 236 g/mol. The first-order chi connectivity index (χ1) is 8.08. The van der Waals surface area contributed by atoms with E-state index in [1.54, 1.807) is 12.1 Å². The van der Waals surface area contributed by atoms with Crippen molar-refractivity contribution in [2.24, 2.45) is 0 Å². The lowest BCUT2D eigenvalue weighted by atomic mass is 10.2. The molecule has 0 saturated heterocycles. The minimum Gasteiger partial charge on any atom is -0.477 e. The number of nitrogens with zero attached hydrogens (tertiary/aromatic N) is 1. The van der Waals surface area contributed by atoms with Crippen LogP contribution in [0.2, 0.25) is 0 Å². The third-order valence-electron chi connectivity index (χ3n) is 2.31. The number of carbonyl (C=O) groups is 1. The Morgan fingerprint density at radius 2 is 2.12 bits per heavy atom. The fourth-order valence-corrected chi connectivity index (χ4v) is 1.46. The number of H-pyrrole nitrogens is 1. The van der Waals surface area contributed by atoms with E-state index in [1.165, 1.54) is 12.1 Å². The van der Waals surface area contributed by atoms with E-state index in [2.05, 4.69) is 5.10 Å². The molecule has 0 aliphatic heterocycles. The van der Waals surface area contributed by atoms with Gasteiger partial charge in [-0.15, -0.1) is 0 Å². The maximum Gasteiger partial charge on any atom is 0.353 e. The number of aromatic nitrogens is 2. The lowest BCUT2D eigenvalue weighted by Gasteiger charge is -2.03. The Kier molecular flexibility index (Phi) is 2.78. The van der Waals surface area contributed by atoms with Crippen LogP contribution in [0.4, 0.5) is 4.39 Å². The quantitative estimate of drug-likeness (QED) is 0.836. The van der Waals surface area contributed by atoms with Gasteiger partial charge in [0.1, 0.15) is 11.5 Å². The normalized spacial score (nSPS) is 10.4. The smallest absolute Gasteiger partial charge is 0.353 e. The molecule has 0 fully saturated rings. The van der Waals surface area contributed by atoms with Gasteiger partial charge in [-0.25, -0.2) is 13.9 Å². The molecule has 0 aliphatic rings. The topological polar surface area (TPSA) is 75.1 Å². The number of carboxylic acids is 1. The molecule has 0 bridgehead atoms. The van der Waals surface area contributed by atoms with Crippen molar-refractivity contribution in [1.29, 1.82) is 0 Å². The summed E-state index contributed by atoms with van der Waals surface area (Å²) < 4.78 is 14.4. The minimum absolute atomic E-state index is 0.0290. The van der Waals surface area contributed by atoms with Gasteiger partial charge >= 0.3 is 5.97 Å². The summed E-state index contributed by atoms with van der Waals surface area (Å²) >= 11 is 0. The van der Waals surface area contributed by atoms with Gasteiger partial charge < -0.3 is 5.11 Å². The molecule has 88 valence electrons. The van der Waals surface area contributed by atoms with Crippen LogP contribution in [0, 0.1) is 5.82 Å². The molecule has 2 rings (SSSR count). The third kappa shape index (κ3) is 2.25. The van der Waals surface area contributed by atoms with Gasteiger partial charge in [0, 0.05) is 11.6 Å². The van der Waals surface area contributed by atoms with Gasteiger partial charge in [-0.2, -0.15) is 0 Å². The molecule has 0 aliphatic carbocycles. The second kappa shape index (κ2) is 4.25. The molecule has 17 heavy (non-hydrogen) atoms. The Balaban J connectivity index is 2.34. The number of halogens is 1. The van der Waals surface area contributed by atoms with Gasteiger partial charge in [0.15, 0.2) is 0 Å². The first kappa shape index (κ1) is 11.1. The van der Waals surface area contributed by atoms with Crippen molar-refractivity contribution in [3.05, 3.63) is 57.8 Å². The molecule has 2 aromatic rings. The van der Waals surface area contributed by atoms with E-state index in [0.29, 0.717) is 5.56 Å². The Hall–Kier alpha value is -2.37. The predicted octanol–water partition coefficient (Wildman–Crippen LogP) is 1.06. The molecule has 0 radical (unpaired) electrons. The Labute approximate surface area is 95.1 Å². The Morgan fingerprint density at radius 3 is 2.71 bits per heavy atom. The van der Waals surface area contributed by atoms with E-state index >= 15 is 0 Å². The summed E-state index contributed by atoms with van der Waals surface area (Å²) in [7, 11) is 0. The lowest BCUT2D eigenvalue weighted by molar-refractivity contribution is 0.0689. The summed E-state index contributed by atoms with van der Waals surface area (Å²) in [6.45, 7) is -0.0290. The fraction of sp³-hybridized carbons (Fsp3) is 0.0909. The zero-order valence-electron chi connectivity index (χ0n) is 8.68. The molecule has 0 spiro atoms. The van der Waals surface area contributed by atoms with Gasteiger partial charge in [-0.05, 0) is 6.07 Å². The summed E-state index contributed by atoms with van der Waals surface area (Å²) in [5.74, 6) is -1.67. The van der Waals surface area contributed by atoms with Gasteiger partial charge in [-0.1, -0.05) is 18.2 Å². The number of carboxylic acid groups (broad SMARTS) is 1. The van der Waals surface area contributed by atoms with Crippen LogP contribution in [0.5, 0.6) is 0 Å². The standard InChI is InChI=1S/C11H9FN2O3/c12-8-4-2-1-3-7(8)6-14-10(15)5-9(13-14)11(16)17/h1-5,13H,6H2,(H,16,17). The highest BCUT2D eigenvalue weighted by atomic mass is 19.1. The molecular formula is C11H9FN2O3. The van der Waals surface area contributed by atoms with Crippen LogP contribution in [0.15, 0.2) is 35.1 Å². The van der Waals surface area contributed by atoms with Crippen molar-refractivity contribution in [3.8, 4) is 0 Å². The number of aromatic carboxylic acids is 1. The summed E-state index contributed by atoms with van der Waals surface area (Å²) in [4.78, 5) is 22.0. The van der Waals surface area contributed by atoms with Crippen molar-refractivity contribution in [3.63, 3.8) is 0 Å². The second-order valence-electron chi connectivity index (χ2n) is 3.49. The van der Waals surface area contributed by atoms with Crippen molar-refractivity contribution >= 4 is 5.97 Å². The molecule has 1 heterocycles. The van der Waals surface area contributed by atoms with Crippen molar-refractivity contribution in [1.82, 2.24) is 9.78 Å². The van der Waals surface area contributed by atoms with Crippen molar-refractivity contribution in [2.75, 3.05) is 0 Å². The van der Waals surface area contributed by atoms with Gasteiger partial charge in [0.2, 0.25) is 0 Å². The second-order valence-corrected chi connectivity index (χ2v) is 3.49. The number of hydrogen-bond donors (Lipinski definition) is 2. The zero-order chi connectivity index (χ0) is 12.4. The number of benzene rings is 1. The number of aromatic amines is 1. The van der Waals surface area contributed by atoms with Crippen LogP contribution < -0.4 is 5.56 Å². The fourth-order valence-electron chi connectivity index (χ4n) is 1.46. The molecule has 6 heteroatoms. The predicted molar refractivity (Wildman–Crippen MR) is 57.5 cm³/mol. The van der Waals surface area contributed by atoms with Gasteiger partial charge in [-0.3, -0.25) is 9.89 Å². The first-order valence-electron chi connectivity index (χ1n) is 4.84. The first-order valence-corrected chi connectivity index (χ1v) is 4.84. The third-order valence-corrected chi connectivity index (χ3v) is 2.31. The maximum atomic E-state index is 13.3. The number of hydrogen-bond acceptors (Lipinski definition) is 2. The largest absolute Gasteiger partial charge is 0.477 e. The van der Waals surface area contributed by atoms with Gasteiger partial charge in [0.05, 0.1) is 6.54 Å². The van der Waals surface area contributed by atoms with E-state index in [0.717, 1.165) is 10.7 Å². The highest BCUT2D eigenvalue weighted by molar-refractivity contribution is 5.84. The average Bonchev–Trinajstić information content (AvgIpc) is 2.64. The highest BCUT2D eigenvalue weighted by Gasteiger charge is 2.10. The Morgan fingerprint density at radius 1 is 1.41 bits per heavy atom. The van der Waals surface area contributed by atoms with E-state index < -0.39 is 17.3 Å². The van der Waals surface area contributed by atoms with Crippen LogP contribution in [-0.4, -0.2) is 20.9 Å². The molecule has 0 atom stereocenters. The van der Waals surface area contributed by atoms with E-state index in [4.69, 9.17) is 5.11 Å². The summed E-state index contributed by atoms with van der Waals surface area (Å²) in [5.41, 5.74) is -0.412. The average molecular weight is 236 g/mol. The Bertz CT molecular complexity index is 615. The van der Waals surface area contributed by atoms with Crippen molar-refractivity contribution < 1.29 is 14.3 Å². The number of rotatable bonds is 3. The van der Waals surface area contributed by atoms with Crippen LogP contribution in [0.3, 0.4) is 0 Å². The number of nitrogens with one attached hydrogen (secondary N) is 1. The van der Waals surface area contributed by atoms with E-state index in [-0.39, 0.29) is 12.2 Å². The molecule has 0 unspecified atom stereocenters. The minimum atomic E-state index is -1.23. The summed E-state index contributed by atoms with van der Waals surface area (Å²) in [6.07, 6.45) is 0. The summed E-state index contributed by atoms with van der Waals surface area (Å²) in [5, 5.41) is 11.1. The molecular weight excluding hydrogens is 227 g/mol. The van der Waals surface area contributed by atoms with Crippen molar-refractivity contribution in [2.45, 2.75) is 6.54 Å². The van der Waals surface area contributed by atoms with Gasteiger partial charge in [0.25, 0.3) is 5.56 Å². The summed E-state index contributed by atoms with van der Waals surface area (Å²) in [6, 6.07) is 6.96. The van der Waals surface area contributed by atoms with Crippen LogP contribution >= 0.6 is 0 Å². The molecule has 0 saturated carbocycles. The van der Waals surface area contributed by atoms with E-state index in [9.17, 15) is 14.0 Å². The lowest BCUT2D eigenvalue weighted by Crippen LogP contribution is -2.17. The van der Waals surface area contributed by atoms with E-state index in [1.807, 2.05) is 0 Å². The molecule has 2 N–H and O–H groups in total. The molecule has 5 nitrogen and oxygen atoms in total. The maximum absolute atomic E-state index is 13.3. The molecule has 1 aromatic carbocycles. The van der Waals surface area contributed by atoms with Crippen LogP contribution in [0.1, 0.15) is 16.1 Å². The molecule has 0 amide bonds. The SMILES string of the molecule is O=C(O)c1cc(=O)n(Cc2ccccc2F)[nH]1. The highest BCUT2D eigenvalue weighted by Crippen LogP contribution is 2.07. The zero-order valence-corrected chi connectivity index (χ0v) is 8.68. The molecule has 1 aromatic heterocycles.